The Morgan fingerprint density at radius 2 is 2.03 bits per heavy atom. The first-order valence-corrected chi connectivity index (χ1v) is 11.1. The Morgan fingerprint density at radius 3 is 2.81 bits per heavy atom. The predicted octanol–water partition coefficient (Wildman–Crippen LogP) is 5.13. The van der Waals surface area contributed by atoms with Gasteiger partial charge in [-0.1, -0.05) is 17.7 Å². The van der Waals surface area contributed by atoms with Crippen molar-refractivity contribution in [3.63, 3.8) is 0 Å². The van der Waals surface area contributed by atoms with Crippen molar-refractivity contribution in [2.45, 2.75) is 32.7 Å². The van der Waals surface area contributed by atoms with E-state index in [9.17, 15) is 0 Å². The van der Waals surface area contributed by atoms with Crippen LogP contribution in [0.3, 0.4) is 0 Å². The van der Waals surface area contributed by atoms with Crippen LogP contribution in [0.1, 0.15) is 36.6 Å². The van der Waals surface area contributed by atoms with Gasteiger partial charge >= 0.3 is 0 Å². The zero-order valence-electron chi connectivity index (χ0n) is 18.3. The van der Waals surface area contributed by atoms with Crippen LogP contribution in [0.4, 0.5) is 5.69 Å². The third-order valence-corrected chi connectivity index (χ3v) is 6.11. The minimum atomic E-state index is 0.0818. The molecule has 1 aliphatic rings. The number of aryl methyl sites for hydroxylation is 3. The van der Waals surface area contributed by atoms with Crippen LogP contribution in [-0.4, -0.2) is 31.2 Å². The summed E-state index contributed by atoms with van der Waals surface area (Å²) in [6, 6.07) is 12.5. The Kier molecular flexibility index (Phi) is 5.35. The number of ether oxygens (including phenoxy) is 1. The fourth-order valence-corrected chi connectivity index (χ4v) is 4.48. The highest BCUT2D eigenvalue weighted by Gasteiger charge is 2.25. The van der Waals surface area contributed by atoms with Crippen LogP contribution in [-0.2, 0) is 13.5 Å². The maximum atomic E-state index is 6.30. The number of rotatable bonds is 5. The van der Waals surface area contributed by atoms with E-state index < -0.39 is 0 Å². The van der Waals surface area contributed by atoms with Crippen LogP contribution in [0.15, 0.2) is 48.8 Å². The molecule has 1 atom stereocenters. The summed E-state index contributed by atoms with van der Waals surface area (Å²) in [5, 5.41) is 17.4. The number of aromatic nitrogens is 5. The summed E-state index contributed by atoms with van der Waals surface area (Å²) in [5.41, 5.74) is 5.48. The molecule has 1 N–H and O–H groups in total. The van der Waals surface area contributed by atoms with Gasteiger partial charge in [-0.3, -0.25) is 9.25 Å². The van der Waals surface area contributed by atoms with Crippen molar-refractivity contribution in [1.29, 1.82) is 0 Å². The molecule has 0 spiro atoms. The first-order valence-electron chi connectivity index (χ1n) is 10.8. The monoisotopic (exact) mass is 448 g/mol. The van der Waals surface area contributed by atoms with Gasteiger partial charge in [0.2, 0.25) is 0 Å². The molecule has 0 saturated heterocycles. The smallest absolute Gasteiger partial charge is 0.139 e. The van der Waals surface area contributed by atoms with E-state index in [0.29, 0.717) is 17.4 Å². The van der Waals surface area contributed by atoms with Gasteiger partial charge in [0, 0.05) is 37.0 Å². The molecule has 0 aliphatic carbocycles. The van der Waals surface area contributed by atoms with Gasteiger partial charge in [0.05, 0.1) is 29.6 Å². The third-order valence-electron chi connectivity index (χ3n) is 5.80. The van der Waals surface area contributed by atoms with E-state index in [4.69, 9.17) is 16.3 Å². The molecule has 0 amide bonds. The second kappa shape index (κ2) is 8.31. The fraction of sp³-hybridized carbons (Fsp3) is 0.292. The lowest BCUT2D eigenvalue weighted by molar-refractivity contribution is 0.340. The van der Waals surface area contributed by atoms with Crippen LogP contribution < -0.4 is 10.1 Å². The van der Waals surface area contributed by atoms with Crippen molar-refractivity contribution in [3.05, 3.63) is 71.0 Å². The number of nitrogens with one attached hydrogen (secondary N) is 1. The highest BCUT2D eigenvalue weighted by Crippen LogP contribution is 2.37. The highest BCUT2D eigenvalue weighted by atomic mass is 35.5. The van der Waals surface area contributed by atoms with Crippen molar-refractivity contribution in [3.8, 4) is 22.6 Å². The fourth-order valence-electron chi connectivity index (χ4n) is 4.31. The Bertz CT molecular complexity index is 1280. The van der Waals surface area contributed by atoms with Crippen molar-refractivity contribution in [1.82, 2.24) is 24.5 Å². The standard InChI is InChI=1S/C24H25ClN6O/c1-4-32-23-12-18(6-7-20(23)25)27-21-8-10-24-29-28-15(2)31(24)22-9-5-16(11-19(21)22)17-13-26-30(3)14-17/h5-7,9,11-14,21,27H,4,8,10H2,1-3H3. The molecule has 164 valence electrons. The largest absolute Gasteiger partial charge is 0.492 e. The highest BCUT2D eigenvalue weighted by molar-refractivity contribution is 6.32. The second-order valence-electron chi connectivity index (χ2n) is 7.99. The maximum Gasteiger partial charge on any atom is 0.139 e. The number of fused-ring (bicyclic) bond motifs is 3. The van der Waals surface area contributed by atoms with Gasteiger partial charge in [0.15, 0.2) is 0 Å². The van der Waals surface area contributed by atoms with Gasteiger partial charge in [-0.15, -0.1) is 10.2 Å². The number of anilines is 1. The lowest BCUT2D eigenvalue weighted by Gasteiger charge is -2.22. The van der Waals surface area contributed by atoms with E-state index in [-0.39, 0.29) is 6.04 Å². The number of hydrogen-bond acceptors (Lipinski definition) is 5. The summed E-state index contributed by atoms with van der Waals surface area (Å²) in [5.74, 6) is 2.56. The molecule has 3 heterocycles. The SMILES string of the molecule is CCOc1cc(NC2CCc3nnc(C)n3-c3ccc(-c4cnn(C)c4)cc32)ccc1Cl. The van der Waals surface area contributed by atoms with E-state index in [1.807, 2.05) is 56.2 Å². The summed E-state index contributed by atoms with van der Waals surface area (Å²) >= 11 is 6.30. The molecule has 1 aliphatic heterocycles. The number of nitrogens with zero attached hydrogens (tertiary/aromatic N) is 5. The van der Waals surface area contributed by atoms with E-state index in [1.54, 1.807) is 0 Å². The van der Waals surface area contributed by atoms with Gasteiger partial charge in [-0.05, 0) is 55.7 Å². The molecule has 0 saturated carbocycles. The van der Waals surface area contributed by atoms with Crippen molar-refractivity contribution in [2.75, 3.05) is 11.9 Å². The number of benzene rings is 2. The minimum absolute atomic E-state index is 0.0818. The average molecular weight is 449 g/mol. The molecule has 32 heavy (non-hydrogen) atoms. The van der Waals surface area contributed by atoms with Gasteiger partial charge in [-0.2, -0.15) is 5.10 Å². The lowest BCUT2D eigenvalue weighted by atomic mass is 9.97. The van der Waals surface area contributed by atoms with E-state index >= 15 is 0 Å². The minimum Gasteiger partial charge on any atom is -0.492 e. The lowest BCUT2D eigenvalue weighted by Crippen LogP contribution is -2.13. The summed E-state index contributed by atoms with van der Waals surface area (Å²) in [4.78, 5) is 0. The van der Waals surface area contributed by atoms with E-state index in [1.165, 1.54) is 5.56 Å². The maximum absolute atomic E-state index is 6.30. The zero-order valence-corrected chi connectivity index (χ0v) is 19.1. The van der Waals surface area contributed by atoms with Gasteiger partial charge < -0.3 is 10.1 Å². The molecule has 0 bridgehead atoms. The predicted molar refractivity (Wildman–Crippen MR) is 126 cm³/mol. The molecule has 0 radical (unpaired) electrons. The summed E-state index contributed by atoms with van der Waals surface area (Å²) in [7, 11) is 1.93. The quantitative estimate of drug-likeness (QED) is 0.458. The van der Waals surface area contributed by atoms with Gasteiger partial charge in [0.1, 0.15) is 17.4 Å². The normalized spacial score (nSPS) is 15.1. The Morgan fingerprint density at radius 1 is 1.16 bits per heavy atom. The first-order chi connectivity index (χ1) is 15.5. The Labute approximate surface area is 192 Å². The molecule has 8 heteroatoms. The molecular formula is C24H25ClN6O. The molecule has 0 fully saturated rings. The van der Waals surface area contributed by atoms with E-state index in [0.717, 1.165) is 47.0 Å². The summed E-state index contributed by atoms with van der Waals surface area (Å²) in [6.07, 6.45) is 5.63. The second-order valence-corrected chi connectivity index (χ2v) is 8.40. The molecular weight excluding hydrogens is 424 g/mol. The molecule has 1 unspecified atom stereocenters. The third kappa shape index (κ3) is 3.73. The van der Waals surface area contributed by atoms with Crippen LogP contribution in [0.2, 0.25) is 5.02 Å². The topological polar surface area (TPSA) is 69.8 Å². The van der Waals surface area contributed by atoms with Crippen molar-refractivity contribution >= 4 is 17.3 Å². The Hall–Kier alpha value is -3.32. The molecule has 2 aromatic heterocycles. The number of hydrogen-bond donors (Lipinski definition) is 1. The molecule has 4 aromatic rings. The summed E-state index contributed by atoms with van der Waals surface area (Å²) in [6.45, 7) is 4.52. The molecule has 2 aromatic carbocycles. The van der Waals surface area contributed by atoms with Crippen LogP contribution in [0.5, 0.6) is 5.75 Å². The van der Waals surface area contributed by atoms with Crippen LogP contribution >= 0.6 is 11.6 Å². The van der Waals surface area contributed by atoms with E-state index in [2.05, 4.69) is 43.4 Å². The zero-order chi connectivity index (χ0) is 22.2. The number of halogens is 1. The summed E-state index contributed by atoms with van der Waals surface area (Å²) < 4.78 is 9.68. The van der Waals surface area contributed by atoms with Crippen LogP contribution in [0, 0.1) is 6.92 Å². The van der Waals surface area contributed by atoms with Crippen molar-refractivity contribution < 1.29 is 4.74 Å². The molecule has 5 rings (SSSR count). The van der Waals surface area contributed by atoms with Crippen molar-refractivity contribution in [2.24, 2.45) is 7.05 Å². The Balaban J connectivity index is 1.59. The van der Waals surface area contributed by atoms with Gasteiger partial charge in [0.25, 0.3) is 0 Å². The van der Waals surface area contributed by atoms with Crippen LogP contribution in [0.25, 0.3) is 16.8 Å². The average Bonchev–Trinajstić information content (AvgIpc) is 3.34. The van der Waals surface area contributed by atoms with Gasteiger partial charge in [-0.25, -0.2) is 0 Å². The first kappa shape index (κ1) is 20.6. The molecule has 7 nitrogen and oxygen atoms in total.